The molecule has 3 nitrogen and oxygen atoms in total. The molecule has 0 bridgehead atoms. The monoisotopic (exact) mass is 245 g/mol. The van der Waals surface area contributed by atoms with Gasteiger partial charge in [0.1, 0.15) is 11.6 Å². The third kappa shape index (κ3) is 2.62. The molecule has 1 aromatic heterocycles. The first-order chi connectivity index (χ1) is 8.00. The van der Waals surface area contributed by atoms with Crippen LogP contribution in [-0.4, -0.2) is 25.1 Å². The number of hydrogen-bond donors (Lipinski definition) is 1. The summed E-state index contributed by atoms with van der Waals surface area (Å²) < 4.78 is 38.1. The van der Waals surface area contributed by atoms with Gasteiger partial charge in [0.25, 0.3) is 0 Å². The normalized spacial score (nSPS) is 16.4. The number of pyridine rings is 1. The van der Waals surface area contributed by atoms with Crippen LogP contribution in [-0.2, 0) is 6.18 Å². The summed E-state index contributed by atoms with van der Waals surface area (Å²) in [6.45, 7) is 1.55. The van der Waals surface area contributed by atoms with Crippen LogP contribution in [0, 0.1) is 0 Å². The molecule has 0 atom stereocenters. The fourth-order valence-corrected chi connectivity index (χ4v) is 1.92. The molecule has 17 heavy (non-hydrogen) atoms. The Morgan fingerprint density at radius 1 is 1.24 bits per heavy atom. The minimum Gasteiger partial charge on any atom is -0.373 e. The summed E-state index contributed by atoms with van der Waals surface area (Å²) in [7, 11) is 1.57. The van der Waals surface area contributed by atoms with Crippen molar-refractivity contribution in [2.24, 2.45) is 0 Å². The molecule has 2 heterocycles. The summed E-state index contributed by atoms with van der Waals surface area (Å²) in [5.74, 6) is 0.656. The molecule has 1 aromatic rings. The van der Waals surface area contributed by atoms with Gasteiger partial charge in [0.2, 0.25) is 0 Å². The van der Waals surface area contributed by atoms with Crippen molar-refractivity contribution >= 4 is 11.6 Å². The number of aromatic nitrogens is 1. The van der Waals surface area contributed by atoms with E-state index in [4.69, 9.17) is 0 Å². The lowest BCUT2D eigenvalue weighted by atomic mass is 10.2. The zero-order valence-electron chi connectivity index (χ0n) is 9.51. The lowest BCUT2D eigenvalue weighted by Crippen LogP contribution is -2.20. The third-order valence-corrected chi connectivity index (χ3v) is 2.83. The number of rotatable bonds is 2. The fraction of sp³-hybridized carbons (Fsp3) is 0.545. The second kappa shape index (κ2) is 4.43. The van der Waals surface area contributed by atoms with Gasteiger partial charge in [-0.15, -0.1) is 0 Å². The molecule has 0 amide bonds. The van der Waals surface area contributed by atoms with Crippen LogP contribution >= 0.6 is 0 Å². The molecule has 1 aliphatic rings. The first-order valence-corrected chi connectivity index (χ1v) is 5.52. The molecule has 1 fully saturated rings. The molecule has 0 aromatic carbocycles. The SMILES string of the molecule is CNc1cc(C(F)(F)F)cc(N2CCCC2)n1. The van der Waals surface area contributed by atoms with Gasteiger partial charge in [0, 0.05) is 20.1 Å². The topological polar surface area (TPSA) is 28.2 Å². The zero-order chi connectivity index (χ0) is 12.5. The van der Waals surface area contributed by atoms with E-state index < -0.39 is 11.7 Å². The molecule has 0 radical (unpaired) electrons. The minimum atomic E-state index is -4.33. The van der Waals surface area contributed by atoms with Crippen LogP contribution in [0.25, 0.3) is 0 Å². The van der Waals surface area contributed by atoms with Crippen molar-refractivity contribution < 1.29 is 13.2 Å². The quantitative estimate of drug-likeness (QED) is 0.868. The first-order valence-electron chi connectivity index (χ1n) is 5.52. The number of hydrogen-bond acceptors (Lipinski definition) is 3. The number of nitrogens with zero attached hydrogens (tertiary/aromatic N) is 2. The van der Waals surface area contributed by atoms with Crippen LogP contribution in [0.15, 0.2) is 12.1 Å². The van der Waals surface area contributed by atoms with Crippen LogP contribution in [0.4, 0.5) is 24.8 Å². The molecule has 0 saturated carbocycles. The molecule has 1 aliphatic heterocycles. The molecule has 2 rings (SSSR count). The van der Waals surface area contributed by atoms with Crippen LogP contribution in [0.5, 0.6) is 0 Å². The summed E-state index contributed by atoms with van der Waals surface area (Å²) in [4.78, 5) is 6.05. The van der Waals surface area contributed by atoms with Crippen molar-refractivity contribution in [2.75, 3.05) is 30.4 Å². The van der Waals surface area contributed by atoms with Crippen molar-refractivity contribution in [1.29, 1.82) is 0 Å². The molecule has 6 heteroatoms. The van der Waals surface area contributed by atoms with Gasteiger partial charge in [-0.2, -0.15) is 13.2 Å². The Morgan fingerprint density at radius 2 is 1.88 bits per heavy atom. The largest absolute Gasteiger partial charge is 0.416 e. The minimum absolute atomic E-state index is 0.252. The predicted octanol–water partition coefficient (Wildman–Crippen LogP) is 2.74. The summed E-state index contributed by atoms with van der Waals surface area (Å²) >= 11 is 0. The van der Waals surface area contributed by atoms with Crippen molar-refractivity contribution in [1.82, 2.24) is 4.98 Å². The second-order valence-corrected chi connectivity index (χ2v) is 4.04. The fourth-order valence-electron chi connectivity index (χ4n) is 1.92. The van der Waals surface area contributed by atoms with E-state index in [1.165, 1.54) is 0 Å². The maximum atomic E-state index is 12.7. The lowest BCUT2D eigenvalue weighted by molar-refractivity contribution is -0.137. The summed E-state index contributed by atoms with van der Waals surface area (Å²) in [5.41, 5.74) is -0.654. The Balaban J connectivity index is 2.38. The van der Waals surface area contributed by atoms with Crippen molar-refractivity contribution in [2.45, 2.75) is 19.0 Å². The Bertz CT molecular complexity index is 397. The van der Waals surface area contributed by atoms with Crippen LogP contribution in [0.2, 0.25) is 0 Å². The highest BCUT2D eigenvalue weighted by Gasteiger charge is 2.32. The van der Waals surface area contributed by atoms with E-state index in [2.05, 4.69) is 10.3 Å². The molecule has 0 spiro atoms. The first kappa shape index (κ1) is 12.0. The van der Waals surface area contributed by atoms with Gasteiger partial charge in [-0.3, -0.25) is 0 Å². The highest BCUT2D eigenvalue weighted by Crippen LogP contribution is 2.33. The Labute approximate surface area is 97.6 Å². The second-order valence-electron chi connectivity index (χ2n) is 4.04. The third-order valence-electron chi connectivity index (χ3n) is 2.83. The van der Waals surface area contributed by atoms with Gasteiger partial charge < -0.3 is 10.2 Å². The Hall–Kier alpha value is -1.46. The summed E-state index contributed by atoms with van der Waals surface area (Å²) in [5, 5.41) is 2.67. The van der Waals surface area contributed by atoms with Crippen molar-refractivity contribution in [3.63, 3.8) is 0 Å². The zero-order valence-corrected chi connectivity index (χ0v) is 9.51. The average molecular weight is 245 g/mol. The maximum Gasteiger partial charge on any atom is 0.416 e. The number of halogens is 3. The van der Waals surface area contributed by atoms with Crippen LogP contribution in [0.1, 0.15) is 18.4 Å². The summed E-state index contributed by atoms with van der Waals surface area (Å²) in [6, 6.07) is 2.14. The van der Waals surface area contributed by atoms with Gasteiger partial charge in [-0.1, -0.05) is 0 Å². The number of alkyl halides is 3. The van der Waals surface area contributed by atoms with Gasteiger partial charge in [-0.25, -0.2) is 4.98 Å². The van der Waals surface area contributed by atoms with E-state index in [9.17, 15) is 13.2 Å². The van der Waals surface area contributed by atoms with Gasteiger partial charge in [0.15, 0.2) is 0 Å². The van der Waals surface area contributed by atoms with E-state index in [0.717, 1.165) is 38.1 Å². The van der Waals surface area contributed by atoms with Crippen LogP contribution < -0.4 is 10.2 Å². The molecule has 0 unspecified atom stereocenters. The Morgan fingerprint density at radius 3 is 2.41 bits per heavy atom. The van der Waals surface area contributed by atoms with E-state index in [-0.39, 0.29) is 5.82 Å². The number of anilines is 2. The molecule has 94 valence electrons. The highest BCUT2D eigenvalue weighted by atomic mass is 19.4. The molecular weight excluding hydrogens is 231 g/mol. The van der Waals surface area contributed by atoms with Gasteiger partial charge in [-0.05, 0) is 25.0 Å². The van der Waals surface area contributed by atoms with E-state index in [1.807, 2.05) is 4.90 Å². The average Bonchev–Trinajstić information content (AvgIpc) is 2.80. The van der Waals surface area contributed by atoms with Gasteiger partial charge in [0.05, 0.1) is 5.56 Å². The summed E-state index contributed by atoms with van der Waals surface area (Å²) in [6.07, 6.45) is -2.32. The smallest absolute Gasteiger partial charge is 0.373 e. The highest BCUT2D eigenvalue weighted by molar-refractivity contribution is 5.51. The maximum absolute atomic E-state index is 12.7. The van der Waals surface area contributed by atoms with Crippen LogP contribution in [0.3, 0.4) is 0 Å². The van der Waals surface area contributed by atoms with E-state index >= 15 is 0 Å². The standard InChI is InChI=1S/C11H14F3N3/c1-15-9-6-8(11(12,13)14)7-10(16-9)17-4-2-3-5-17/h6-7H,2-5H2,1H3,(H,15,16). The predicted molar refractivity (Wildman–Crippen MR) is 60.2 cm³/mol. The van der Waals surface area contributed by atoms with Gasteiger partial charge >= 0.3 is 6.18 Å². The molecular formula is C11H14F3N3. The molecule has 0 aliphatic carbocycles. The van der Waals surface area contributed by atoms with E-state index in [0.29, 0.717) is 5.82 Å². The van der Waals surface area contributed by atoms with Crippen molar-refractivity contribution in [3.8, 4) is 0 Å². The van der Waals surface area contributed by atoms with E-state index in [1.54, 1.807) is 7.05 Å². The molecule has 1 saturated heterocycles. The molecule has 1 N–H and O–H groups in total. The number of nitrogens with one attached hydrogen (secondary N) is 1. The lowest BCUT2D eigenvalue weighted by Gasteiger charge is -2.19. The van der Waals surface area contributed by atoms with Crippen molar-refractivity contribution in [3.05, 3.63) is 17.7 Å². The Kier molecular flexibility index (Phi) is 3.13.